The Morgan fingerprint density at radius 1 is 1.17 bits per heavy atom. The zero-order valence-electron chi connectivity index (χ0n) is 10.1. The van der Waals surface area contributed by atoms with Gasteiger partial charge in [-0.05, 0) is 31.5 Å². The number of thiol groups is 1. The van der Waals surface area contributed by atoms with Gasteiger partial charge in [0.1, 0.15) is 10.7 Å². The quantitative estimate of drug-likeness (QED) is 0.630. The van der Waals surface area contributed by atoms with Gasteiger partial charge in [0.15, 0.2) is 5.78 Å². The smallest absolute Gasteiger partial charge is 0.166 e. The lowest BCUT2D eigenvalue weighted by atomic mass is 9.89. The summed E-state index contributed by atoms with van der Waals surface area (Å²) in [7, 11) is -2.41. The molecule has 1 aliphatic heterocycles. The molecular formula is C13H17NO3S. The minimum Gasteiger partial charge on any atom is -0.317 e. The van der Waals surface area contributed by atoms with E-state index in [-0.39, 0.29) is 17.5 Å². The second kappa shape index (κ2) is 6.11. The Bertz CT molecular complexity index is 479. The third-order valence-corrected chi connectivity index (χ3v) is 3.88. The van der Waals surface area contributed by atoms with Crippen LogP contribution in [0.1, 0.15) is 28.8 Å². The van der Waals surface area contributed by atoms with Gasteiger partial charge in [-0.1, -0.05) is 24.3 Å². The molecule has 0 spiro atoms. The lowest BCUT2D eigenvalue weighted by Gasteiger charge is -2.21. The van der Waals surface area contributed by atoms with Gasteiger partial charge in [0, 0.05) is 11.5 Å². The minimum atomic E-state index is -2.41. The Hall–Kier alpha value is -1.20. The molecule has 0 unspecified atom stereocenters. The van der Waals surface area contributed by atoms with Gasteiger partial charge in [0.25, 0.3) is 0 Å². The molecule has 1 fully saturated rings. The molecule has 1 heterocycles. The van der Waals surface area contributed by atoms with Crippen LogP contribution in [0.15, 0.2) is 24.3 Å². The molecule has 98 valence electrons. The van der Waals surface area contributed by atoms with Crippen LogP contribution < -0.4 is 5.32 Å². The van der Waals surface area contributed by atoms with Gasteiger partial charge in [-0.2, -0.15) is 0 Å². The molecular weight excluding hydrogens is 250 g/mol. The van der Waals surface area contributed by atoms with Crippen molar-refractivity contribution in [3.63, 3.8) is 0 Å². The average Bonchev–Trinajstić information content (AvgIpc) is 2.39. The molecule has 1 saturated heterocycles. The molecule has 0 radical (unpaired) electrons. The number of hydrogen-bond donors (Lipinski definition) is 2. The van der Waals surface area contributed by atoms with Crippen molar-refractivity contribution in [2.75, 3.05) is 13.1 Å². The SMILES string of the molecule is O=C(c1ccc(C[SH](=O)=O)cc1)C1CCNCC1. The van der Waals surface area contributed by atoms with Crippen molar-refractivity contribution in [3.8, 4) is 0 Å². The molecule has 0 saturated carbocycles. The largest absolute Gasteiger partial charge is 0.317 e. The summed E-state index contributed by atoms with van der Waals surface area (Å²) in [4.78, 5) is 12.2. The summed E-state index contributed by atoms with van der Waals surface area (Å²) in [6.07, 6.45) is 1.76. The molecule has 1 aromatic rings. The Kier molecular flexibility index (Phi) is 4.49. The number of carbonyl (C=O) groups is 1. The molecule has 5 heteroatoms. The highest BCUT2D eigenvalue weighted by Gasteiger charge is 2.21. The van der Waals surface area contributed by atoms with Gasteiger partial charge in [-0.15, -0.1) is 0 Å². The van der Waals surface area contributed by atoms with E-state index >= 15 is 0 Å². The first-order chi connectivity index (χ1) is 8.66. The molecule has 4 nitrogen and oxygen atoms in total. The maximum absolute atomic E-state index is 12.2. The fourth-order valence-electron chi connectivity index (χ4n) is 2.24. The van der Waals surface area contributed by atoms with Crippen LogP contribution in [-0.4, -0.2) is 27.3 Å². The predicted molar refractivity (Wildman–Crippen MR) is 70.4 cm³/mol. The van der Waals surface area contributed by atoms with Crippen molar-refractivity contribution >= 4 is 16.5 Å². The number of nitrogens with one attached hydrogen (secondary N) is 1. The molecule has 0 amide bonds. The second-order valence-corrected chi connectivity index (χ2v) is 5.56. The van der Waals surface area contributed by atoms with Crippen molar-refractivity contribution in [2.45, 2.75) is 18.6 Å². The Morgan fingerprint density at radius 2 is 1.78 bits per heavy atom. The van der Waals surface area contributed by atoms with Gasteiger partial charge in [0.05, 0.1) is 5.75 Å². The van der Waals surface area contributed by atoms with Crippen molar-refractivity contribution in [1.82, 2.24) is 5.32 Å². The molecule has 1 N–H and O–H groups in total. The van der Waals surface area contributed by atoms with Gasteiger partial charge >= 0.3 is 0 Å². The standard InChI is InChI=1S/C13H17NO3S/c15-13(12-5-7-14-8-6-12)11-3-1-10(2-4-11)9-18(16)17/h1-4,12,14,18H,5-9H2. The molecule has 2 rings (SSSR count). The van der Waals surface area contributed by atoms with Crippen LogP contribution in [-0.2, 0) is 16.5 Å². The lowest BCUT2D eigenvalue weighted by Crippen LogP contribution is -2.31. The molecule has 0 bridgehead atoms. The molecule has 18 heavy (non-hydrogen) atoms. The van der Waals surface area contributed by atoms with Gasteiger partial charge in [0.2, 0.25) is 0 Å². The molecule has 1 aliphatic rings. The summed E-state index contributed by atoms with van der Waals surface area (Å²) < 4.78 is 21.2. The van der Waals surface area contributed by atoms with E-state index in [1.807, 2.05) is 0 Å². The molecule has 1 aromatic carbocycles. The van der Waals surface area contributed by atoms with E-state index in [9.17, 15) is 13.2 Å². The first-order valence-corrected chi connectivity index (χ1v) is 7.49. The predicted octanol–water partition coefficient (Wildman–Crippen LogP) is 0.980. The summed E-state index contributed by atoms with van der Waals surface area (Å²) in [5.41, 5.74) is 1.42. The normalized spacial score (nSPS) is 16.9. The van der Waals surface area contributed by atoms with E-state index in [4.69, 9.17) is 0 Å². The number of Topliss-reactive ketones (excluding diaryl/α,β-unsaturated/α-hetero) is 1. The fraction of sp³-hybridized carbons (Fsp3) is 0.462. The van der Waals surface area contributed by atoms with Crippen molar-refractivity contribution in [3.05, 3.63) is 35.4 Å². The zero-order valence-corrected chi connectivity index (χ0v) is 11.0. The summed E-state index contributed by atoms with van der Waals surface area (Å²) in [5, 5.41) is 3.23. The van der Waals surface area contributed by atoms with Crippen LogP contribution in [0.5, 0.6) is 0 Å². The van der Waals surface area contributed by atoms with Crippen LogP contribution in [0, 0.1) is 5.92 Å². The molecule has 0 atom stereocenters. The van der Waals surface area contributed by atoms with Gasteiger partial charge in [-0.25, -0.2) is 8.42 Å². The first kappa shape index (κ1) is 13.2. The van der Waals surface area contributed by atoms with Crippen molar-refractivity contribution < 1.29 is 13.2 Å². The highest BCUT2D eigenvalue weighted by Crippen LogP contribution is 2.18. The Balaban J connectivity index is 2.06. The number of hydrogen-bond acceptors (Lipinski definition) is 4. The summed E-state index contributed by atoms with van der Waals surface area (Å²) in [6.45, 7) is 1.79. The van der Waals surface area contributed by atoms with E-state index in [2.05, 4.69) is 5.32 Å². The van der Waals surface area contributed by atoms with E-state index in [0.717, 1.165) is 31.5 Å². The van der Waals surface area contributed by atoms with Crippen molar-refractivity contribution in [1.29, 1.82) is 0 Å². The maximum Gasteiger partial charge on any atom is 0.166 e. The highest BCUT2D eigenvalue weighted by atomic mass is 32.2. The second-order valence-electron chi connectivity index (χ2n) is 4.58. The summed E-state index contributed by atoms with van der Waals surface area (Å²) in [6, 6.07) is 6.91. The molecule has 0 aliphatic carbocycles. The lowest BCUT2D eigenvalue weighted by molar-refractivity contribution is 0.0895. The summed E-state index contributed by atoms with van der Waals surface area (Å²) in [5.74, 6) is 0.319. The highest BCUT2D eigenvalue weighted by molar-refractivity contribution is 7.71. The van der Waals surface area contributed by atoms with E-state index in [0.29, 0.717) is 5.56 Å². The first-order valence-electron chi connectivity index (χ1n) is 6.12. The van der Waals surface area contributed by atoms with E-state index in [1.165, 1.54) is 0 Å². The van der Waals surface area contributed by atoms with Gasteiger partial charge in [-0.3, -0.25) is 4.79 Å². The Morgan fingerprint density at radius 3 is 2.33 bits per heavy atom. The number of piperidine rings is 1. The number of benzene rings is 1. The van der Waals surface area contributed by atoms with Crippen molar-refractivity contribution in [2.24, 2.45) is 5.92 Å². The maximum atomic E-state index is 12.2. The zero-order chi connectivity index (χ0) is 13.0. The Labute approximate surface area is 108 Å². The van der Waals surface area contributed by atoms with E-state index < -0.39 is 10.7 Å². The number of carbonyl (C=O) groups excluding carboxylic acids is 1. The monoisotopic (exact) mass is 267 g/mol. The third-order valence-electron chi connectivity index (χ3n) is 3.26. The topological polar surface area (TPSA) is 63.2 Å². The van der Waals surface area contributed by atoms with E-state index in [1.54, 1.807) is 24.3 Å². The van der Waals surface area contributed by atoms with Crippen LogP contribution in [0.2, 0.25) is 0 Å². The van der Waals surface area contributed by atoms with Crippen LogP contribution in [0.3, 0.4) is 0 Å². The number of rotatable bonds is 4. The van der Waals surface area contributed by atoms with Crippen LogP contribution >= 0.6 is 0 Å². The minimum absolute atomic E-state index is 0.0388. The average molecular weight is 267 g/mol. The third kappa shape index (κ3) is 3.40. The molecule has 0 aromatic heterocycles. The fourth-order valence-corrected chi connectivity index (χ4v) is 2.75. The van der Waals surface area contributed by atoms with Gasteiger partial charge < -0.3 is 5.32 Å². The van der Waals surface area contributed by atoms with Crippen LogP contribution in [0.4, 0.5) is 0 Å². The number of ketones is 1. The van der Waals surface area contributed by atoms with Crippen LogP contribution in [0.25, 0.3) is 0 Å². The summed E-state index contributed by atoms with van der Waals surface area (Å²) >= 11 is 0.